The van der Waals surface area contributed by atoms with Crippen molar-refractivity contribution < 1.29 is 46.9 Å². The van der Waals surface area contributed by atoms with Crippen LogP contribution in [0.3, 0.4) is 0 Å². The average molecular weight is 848 g/mol. The van der Waals surface area contributed by atoms with E-state index in [-0.39, 0.29) is 75.1 Å². The Balaban J connectivity index is 1.27. The van der Waals surface area contributed by atoms with E-state index < -0.39 is 57.4 Å². The lowest BCUT2D eigenvalue weighted by Crippen LogP contribution is -2.61. The number of hydrogen-bond acceptors (Lipinski definition) is 11. The first-order valence-corrected chi connectivity index (χ1v) is 21.5. The molecule has 1 heterocycles. The van der Waals surface area contributed by atoms with Crippen molar-refractivity contribution in [3.8, 4) is 16.9 Å². The number of nitrogens with zero attached hydrogens (tertiary/aromatic N) is 2. The number of hydrogen-bond donors (Lipinski definition) is 4. The standard InChI is InChI=1S/C44H57N5O10S/c1-27-23-37(57-7)28(2)29(3)39(27)60(55,56)48-40(45)46-20-12-13-30(36(51)25-50)24-38(52)44(18-21-49(22-19-44)42(54)59-43(4,5)6)47-41(53)58-26-35-33-16-10-8-14-31(33)32-15-9-11-17-34(32)35/h8-11,14-17,23,30,35,50H,12-13,18-22,24-26H2,1-7H3,(H,47,53)(H3,45,46,48)/t30-/m1/s1. The number of ketones is 2. The highest BCUT2D eigenvalue weighted by Crippen LogP contribution is 2.44. The van der Waals surface area contributed by atoms with Crippen LogP contribution in [0.2, 0.25) is 0 Å². The van der Waals surface area contributed by atoms with E-state index in [1.54, 1.807) is 47.6 Å². The number of benzene rings is 3. The molecule has 60 heavy (non-hydrogen) atoms. The largest absolute Gasteiger partial charge is 0.496 e. The highest BCUT2D eigenvalue weighted by Gasteiger charge is 2.45. The molecule has 1 aliphatic heterocycles. The van der Waals surface area contributed by atoms with E-state index in [1.807, 2.05) is 48.5 Å². The molecule has 15 nitrogen and oxygen atoms in total. The number of piperidine rings is 1. The summed E-state index contributed by atoms with van der Waals surface area (Å²) in [5.41, 5.74) is 9.56. The lowest BCUT2D eigenvalue weighted by Gasteiger charge is -2.41. The van der Waals surface area contributed by atoms with Crippen LogP contribution < -0.4 is 20.5 Å². The summed E-state index contributed by atoms with van der Waals surface area (Å²) >= 11 is 0. The molecule has 1 fully saturated rings. The molecule has 2 amide bonds. The summed E-state index contributed by atoms with van der Waals surface area (Å²) in [6.45, 7) is 9.71. The lowest BCUT2D eigenvalue weighted by atomic mass is 9.78. The third-order valence-corrected chi connectivity index (χ3v) is 12.9. The summed E-state index contributed by atoms with van der Waals surface area (Å²) in [5, 5.41) is 12.7. The summed E-state index contributed by atoms with van der Waals surface area (Å²) < 4.78 is 45.7. The van der Waals surface area contributed by atoms with Gasteiger partial charge in [-0.05, 0) is 112 Å². The van der Waals surface area contributed by atoms with Gasteiger partial charge >= 0.3 is 12.2 Å². The Hall–Kier alpha value is -5.48. The molecule has 1 aliphatic carbocycles. The van der Waals surface area contributed by atoms with Gasteiger partial charge in [0.2, 0.25) is 5.96 Å². The van der Waals surface area contributed by atoms with Crippen molar-refractivity contribution in [2.24, 2.45) is 16.6 Å². The molecule has 5 N–H and O–H groups in total. The second-order valence-corrected chi connectivity index (χ2v) is 18.1. The van der Waals surface area contributed by atoms with Crippen LogP contribution in [0.15, 0.2) is 64.5 Å². The van der Waals surface area contributed by atoms with Crippen LogP contribution in [-0.4, -0.2) is 99.2 Å². The number of methoxy groups -OCH3 is 1. The van der Waals surface area contributed by atoms with Gasteiger partial charge < -0.3 is 35.3 Å². The summed E-state index contributed by atoms with van der Waals surface area (Å²) in [5.74, 6) is -2.00. The average Bonchev–Trinajstić information content (AvgIpc) is 3.51. The quantitative estimate of drug-likeness (QED) is 0.0858. The van der Waals surface area contributed by atoms with Gasteiger partial charge in [0.25, 0.3) is 10.0 Å². The Bertz CT molecular complexity index is 2200. The van der Waals surface area contributed by atoms with Crippen LogP contribution in [0.1, 0.15) is 86.6 Å². The third-order valence-electron chi connectivity index (χ3n) is 11.2. The number of carbonyl (C=O) groups is 4. The fraction of sp³-hybridized carbons (Fsp3) is 0.477. The minimum atomic E-state index is -4.11. The number of aliphatic hydroxyl groups is 1. The summed E-state index contributed by atoms with van der Waals surface area (Å²) in [7, 11) is -2.60. The Morgan fingerprint density at radius 1 is 0.983 bits per heavy atom. The van der Waals surface area contributed by atoms with Gasteiger partial charge in [-0.2, -0.15) is 0 Å². The molecule has 0 aromatic heterocycles. The topological polar surface area (TPSA) is 216 Å². The van der Waals surface area contributed by atoms with Crippen molar-refractivity contribution >= 4 is 39.7 Å². The number of carbonyl (C=O) groups excluding carboxylic acids is 4. The Kier molecular flexibility index (Phi) is 14.3. The van der Waals surface area contributed by atoms with E-state index in [1.165, 1.54) is 12.0 Å². The highest BCUT2D eigenvalue weighted by molar-refractivity contribution is 7.90. The molecule has 0 spiro atoms. The van der Waals surface area contributed by atoms with Gasteiger partial charge in [0.05, 0.1) is 12.0 Å². The van der Waals surface area contributed by atoms with E-state index in [0.29, 0.717) is 22.4 Å². The molecule has 5 rings (SSSR count). The van der Waals surface area contributed by atoms with Gasteiger partial charge in [-0.1, -0.05) is 48.5 Å². The molecule has 0 radical (unpaired) electrons. The number of likely N-dealkylation sites (tertiary alicyclic amines) is 1. The normalized spacial score (nSPS) is 15.7. The number of aliphatic imine (C=N–C) groups is 1. The maximum absolute atomic E-state index is 14.4. The van der Waals surface area contributed by atoms with Crippen molar-refractivity contribution in [1.29, 1.82) is 0 Å². The monoisotopic (exact) mass is 847 g/mol. The van der Waals surface area contributed by atoms with Gasteiger partial charge in [-0.15, -0.1) is 0 Å². The minimum absolute atomic E-state index is 0.00531. The number of aryl methyl sites for hydroxylation is 1. The molecule has 0 bridgehead atoms. The molecule has 3 aromatic carbocycles. The summed E-state index contributed by atoms with van der Waals surface area (Å²) in [4.78, 5) is 59.7. The predicted octanol–water partition coefficient (Wildman–Crippen LogP) is 5.44. The third kappa shape index (κ3) is 10.4. The molecule has 0 saturated carbocycles. The molecule has 0 unspecified atom stereocenters. The number of sulfonamides is 1. The van der Waals surface area contributed by atoms with Gasteiger partial charge in [-0.25, -0.2) is 22.7 Å². The van der Waals surface area contributed by atoms with Crippen LogP contribution in [0.5, 0.6) is 5.75 Å². The Morgan fingerprint density at radius 2 is 1.58 bits per heavy atom. The fourth-order valence-corrected chi connectivity index (χ4v) is 9.51. The van der Waals surface area contributed by atoms with Crippen LogP contribution in [0.4, 0.5) is 9.59 Å². The smallest absolute Gasteiger partial charge is 0.410 e. The number of aliphatic hydroxyl groups excluding tert-OH is 1. The Morgan fingerprint density at radius 3 is 2.15 bits per heavy atom. The number of rotatable bonds is 15. The lowest BCUT2D eigenvalue weighted by molar-refractivity contribution is -0.133. The van der Waals surface area contributed by atoms with E-state index in [2.05, 4.69) is 15.0 Å². The molecule has 2 aliphatic rings. The number of ether oxygens (including phenoxy) is 3. The van der Waals surface area contributed by atoms with Crippen LogP contribution >= 0.6 is 0 Å². The second kappa shape index (κ2) is 18.8. The number of Topliss-reactive ketones (excluding diaryl/α,β-unsaturated/α-hetero) is 2. The number of amides is 2. The zero-order chi connectivity index (χ0) is 44.0. The number of nitrogens with one attached hydrogen (secondary N) is 2. The van der Waals surface area contributed by atoms with E-state index in [4.69, 9.17) is 19.9 Å². The number of fused-ring (bicyclic) bond motifs is 3. The molecule has 16 heteroatoms. The number of guanidine groups is 1. The molecular weight excluding hydrogens is 791 g/mol. The highest BCUT2D eigenvalue weighted by atomic mass is 32.2. The van der Waals surface area contributed by atoms with Gasteiger partial charge in [0.15, 0.2) is 11.6 Å². The van der Waals surface area contributed by atoms with E-state index >= 15 is 0 Å². The fourth-order valence-electron chi connectivity index (χ4n) is 8.03. The minimum Gasteiger partial charge on any atom is -0.496 e. The second-order valence-electron chi connectivity index (χ2n) is 16.4. The van der Waals surface area contributed by atoms with Crippen LogP contribution in [0, 0.1) is 26.7 Å². The maximum Gasteiger partial charge on any atom is 0.410 e. The summed E-state index contributed by atoms with van der Waals surface area (Å²) in [6.07, 6.45) is -1.31. The number of alkyl carbamates (subject to hydrolysis) is 1. The van der Waals surface area contributed by atoms with E-state index in [9.17, 15) is 32.7 Å². The van der Waals surface area contributed by atoms with Crippen molar-refractivity contribution in [3.05, 3.63) is 82.4 Å². The zero-order valence-corrected chi connectivity index (χ0v) is 36.2. The molecular formula is C44H57N5O10S. The first-order chi connectivity index (χ1) is 28.3. The van der Waals surface area contributed by atoms with Crippen molar-refractivity contribution in [2.75, 3.05) is 40.0 Å². The van der Waals surface area contributed by atoms with Crippen LogP contribution in [-0.2, 0) is 29.1 Å². The molecule has 3 aromatic rings. The van der Waals surface area contributed by atoms with Gasteiger partial charge in [0, 0.05) is 37.9 Å². The van der Waals surface area contributed by atoms with Crippen molar-refractivity contribution in [1.82, 2.24) is 14.9 Å². The van der Waals surface area contributed by atoms with E-state index in [0.717, 1.165) is 22.3 Å². The number of nitrogens with two attached hydrogens (primary N) is 1. The van der Waals surface area contributed by atoms with Crippen molar-refractivity contribution in [3.63, 3.8) is 0 Å². The van der Waals surface area contributed by atoms with Gasteiger partial charge in [0.1, 0.15) is 30.1 Å². The predicted molar refractivity (Wildman–Crippen MR) is 226 cm³/mol. The SMILES string of the molecule is COc1cc(C)c(S(=O)(=O)NC(N)=NCCC[C@H](CC(=O)C2(NC(=O)OCC3c4ccccc4-c4ccccc43)CCN(C(=O)OC(C)(C)C)CC2)C(=O)CO)c(C)c1C. The first-order valence-electron chi connectivity index (χ1n) is 20.1. The molecule has 1 saturated heterocycles. The summed E-state index contributed by atoms with van der Waals surface area (Å²) in [6, 6.07) is 17.5. The van der Waals surface area contributed by atoms with Crippen LogP contribution in [0.25, 0.3) is 11.1 Å². The zero-order valence-electron chi connectivity index (χ0n) is 35.4. The first kappa shape index (κ1) is 45.6. The Labute approximate surface area is 352 Å². The van der Waals surface area contributed by atoms with Crippen molar-refractivity contribution in [2.45, 2.75) is 95.6 Å². The maximum atomic E-state index is 14.4. The molecule has 1 atom stereocenters. The molecule has 324 valence electrons. The van der Waals surface area contributed by atoms with Gasteiger partial charge in [-0.3, -0.25) is 14.6 Å².